The highest BCUT2D eigenvalue weighted by molar-refractivity contribution is 5.77. The third-order valence-electron chi connectivity index (χ3n) is 1.53. The maximum atomic E-state index is 11.0. The first-order valence-electron chi connectivity index (χ1n) is 3.19. The van der Waals surface area contributed by atoms with Gasteiger partial charge in [-0.05, 0) is 0 Å². The Kier molecular flexibility index (Phi) is 2.43. The summed E-state index contributed by atoms with van der Waals surface area (Å²) >= 11 is 0. The number of carbonyl (C=O) groups excluding carboxylic acids is 1. The monoisotopic (exact) mass is 162 g/mol. The maximum Gasteiger partial charge on any atom is 0.369 e. The van der Waals surface area contributed by atoms with Gasteiger partial charge in [0.1, 0.15) is 0 Å². The van der Waals surface area contributed by atoms with E-state index in [0.717, 1.165) is 0 Å². The van der Waals surface area contributed by atoms with Crippen LogP contribution < -0.4 is 0 Å². The molecule has 1 unspecified atom stereocenters. The van der Waals surface area contributed by atoms with E-state index >= 15 is 0 Å². The summed E-state index contributed by atoms with van der Waals surface area (Å²) in [5.74, 6) is -1.91. The fourth-order valence-corrected chi connectivity index (χ4v) is 0.866. The van der Waals surface area contributed by atoms with Crippen molar-refractivity contribution in [2.75, 3.05) is 20.8 Å². The number of esters is 1. The molecule has 0 saturated carbocycles. The summed E-state index contributed by atoms with van der Waals surface area (Å²) in [6, 6.07) is 0. The van der Waals surface area contributed by atoms with E-state index in [1.165, 1.54) is 14.2 Å². The topological polar surface area (TPSA) is 54.0 Å². The largest absolute Gasteiger partial charge is 0.465 e. The van der Waals surface area contributed by atoms with Crippen LogP contribution in [0.1, 0.15) is 6.42 Å². The van der Waals surface area contributed by atoms with Crippen LogP contribution in [0.2, 0.25) is 0 Å². The van der Waals surface area contributed by atoms with E-state index < -0.39 is 11.8 Å². The second-order valence-corrected chi connectivity index (χ2v) is 2.10. The number of carbonyl (C=O) groups is 1. The van der Waals surface area contributed by atoms with Gasteiger partial charge in [-0.3, -0.25) is 0 Å². The average molecular weight is 162 g/mol. The average Bonchev–Trinajstić information content (AvgIpc) is 2.52. The SMILES string of the molecule is COC(=O)C1(OC)CCOO1. The number of ether oxygens (including phenoxy) is 2. The Morgan fingerprint density at radius 3 is 2.64 bits per heavy atom. The molecule has 0 amide bonds. The fourth-order valence-electron chi connectivity index (χ4n) is 0.866. The molecular formula is C6H10O5. The summed E-state index contributed by atoms with van der Waals surface area (Å²) in [5.41, 5.74) is 0. The van der Waals surface area contributed by atoms with Crippen LogP contribution >= 0.6 is 0 Å². The van der Waals surface area contributed by atoms with Crippen molar-refractivity contribution < 1.29 is 24.0 Å². The molecule has 5 nitrogen and oxygen atoms in total. The molecule has 1 saturated heterocycles. The first kappa shape index (κ1) is 8.45. The molecule has 0 radical (unpaired) electrons. The molecule has 5 heteroatoms. The van der Waals surface area contributed by atoms with E-state index in [-0.39, 0.29) is 0 Å². The molecule has 0 aromatic carbocycles. The zero-order chi connectivity index (χ0) is 8.32. The van der Waals surface area contributed by atoms with Gasteiger partial charge in [0, 0.05) is 13.5 Å². The summed E-state index contributed by atoms with van der Waals surface area (Å²) < 4.78 is 9.29. The van der Waals surface area contributed by atoms with Crippen molar-refractivity contribution in [3.8, 4) is 0 Å². The number of hydrogen-bond acceptors (Lipinski definition) is 5. The van der Waals surface area contributed by atoms with Gasteiger partial charge in [-0.25, -0.2) is 9.68 Å². The third kappa shape index (κ3) is 1.35. The summed E-state index contributed by atoms with van der Waals surface area (Å²) in [6.07, 6.45) is 0.357. The minimum absolute atomic E-state index is 0.336. The molecule has 0 N–H and O–H groups in total. The van der Waals surface area contributed by atoms with E-state index in [0.29, 0.717) is 13.0 Å². The van der Waals surface area contributed by atoms with E-state index in [2.05, 4.69) is 14.5 Å². The van der Waals surface area contributed by atoms with Gasteiger partial charge in [-0.15, -0.1) is 0 Å². The quantitative estimate of drug-likeness (QED) is 0.417. The van der Waals surface area contributed by atoms with Gasteiger partial charge in [0.25, 0.3) is 0 Å². The second kappa shape index (κ2) is 3.17. The van der Waals surface area contributed by atoms with Crippen LogP contribution in [0.4, 0.5) is 0 Å². The molecule has 0 spiro atoms. The van der Waals surface area contributed by atoms with Crippen molar-refractivity contribution in [2.24, 2.45) is 0 Å². The molecule has 1 rings (SSSR count). The van der Waals surface area contributed by atoms with Gasteiger partial charge in [0.15, 0.2) is 0 Å². The molecule has 1 aliphatic heterocycles. The van der Waals surface area contributed by atoms with Crippen LogP contribution in [0.15, 0.2) is 0 Å². The molecule has 1 fully saturated rings. The summed E-state index contributed by atoms with van der Waals surface area (Å²) in [4.78, 5) is 20.2. The number of rotatable bonds is 2. The van der Waals surface area contributed by atoms with Crippen molar-refractivity contribution in [1.82, 2.24) is 0 Å². The smallest absolute Gasteiger partial charge is 0.369 e. The Labute approximate surface area is 64.1 Å². The van der Waals surface area contributed by atoms with Gasteiger partial charge in [-0.2, -0.15) is 4.89 Å². The lowest BCUT2D eigenvalue weighted by Gasteiger charge is -2.19. The zero-order valence-electron chi connectivity index (χ0n) is 6.46. The van der Waals surface area contributed by atoms with Crippen LogP contribution in [-0.4, -0.2) is 32.6 Å². The summed E-state index contributed by atoms with van der Waals surface area (Å²) in [7, 11) is 2.64. The molecule has 1 heterocycles. The van der Waals surface area contributed by atoms with E-state index in [4.69, 9.17) is 4.74 Å². The lowest BCUT2D eigenvalue weighted by molar-refractivity contribution is -0.363. The third-order valence-corrected chi connectivity index (χ3v) is 1.53. The minimum Gasteiger partial charge on any atom is -0.465 e. The standard InChI is InChI=1S/C6H10O5/c1-8-5(7)6(9-2)3-4-10-11-6/h3-4H2,1-2H3. The van der Waals surface area contributed by atoms with Crippen LogP contribution in [0.25, 0.3) is 0 Å². The Balaban J connectivity index is 2.66. The Hall–Kier alpha value is -0.650. The van der Waals surface area contributed by atoms with Crippen molar-refractivity contribution in [1.29, 1.82) is 0 Å². The summed E-state index contributed by atoms with van der Waals surface area (Å²) in [6.45, 7) is 0.336. The predicted molar refractivity (Wildman–Crippen MR) is 33.4 cm³/mol. The number of methoxy groups -OCH3 is 2. The van der Waals surface area contributed by atoms with Crippen molar-refractivity contribution in [2.45, 2.75) is 12.2 Å². The van der Waals surface area contributed by atoms with Gasteiger partial charge in [0.05, 0.1) is 13.7 Å². The molecule has 0 aromatic heterocycles. The van der Waals surface area contributed by atoms with Crippen molar-refractivity contribution in [3.05, 3.63) is 0 Å². The van der Waals surface area contributed by atoms with Crippen LogP contribution in [0.5, 0.6) is 0 Å². The van der Waals surface area contributed by atoms with Gasteiger partial charge < -0.3 is 9.47 Å². The molecule has 11 heavy (non-hydrogen) atoms. The first-order chi connectivity index (χ1) is 5.25. The maximum absolute atomic E-state index is 11.0. The normalized spacial score (nSPS) is 30.4. The molecule has 0 aromatic rings. The Morgan fingerprint density at radius 2 is 2.27 bits per heavy atom. The van der Waals surface area contributed by atoms with Gasteiger partial charge in [0.2, 0.25) is 0 Å². The molecular weight excluding hydrogens is 152 g/mol. The van der Waals surface area contributed by atoms with Crippen LogP contribution in [0.3, 0.4) is 0 Å². The van der Waals surface area contributed by atoms with Crippen LogP contribution in [-0.2, 0) is 24.0 Å². The Morgan fingerprint density at radius 1 is 1.55 bits per heavy atom. The van der Waals surface area contributed by atoms with Crippen LogP contribution in [0, 0.1) is 0 Å². The molecule has 0 aliphatic carbocycles. The van der Waals surface area contributed by atoms with Crippen molar-refractivity contribution in [3.63, 3.8) is 0 Å². The van der Waals surface area contributed by atoms with E-state index in [1.807, 2.05) is 0 Å². The molecule has 0 bridgehead atoms. The molecule has 64 valence electrons. The lowest BCUT2D eigenvalue weighted by atomic mass is 10.2. The fraction of sp³-hybridized carbons (Fsp3) is 0.833. The number of hydrogen-bond donors (Lipinski definition) is 0. The summed E-state index contributed by atoms with van der Waals surface area (Å²) in [5, 5.41) is 0. The second-order valence-electron chi connectivity index (χ2n) is 2.10. The highest BCUT2D eigenvalue weighted by atomic mass is 17.2. The van der Waals surface area contributed by atoms with Crippen molar-refractivity contribution >= 4 is 5.97 Å². The molecule has 1 atom stereocenters. The highest BCUT2D eigenvalue weighted by Crippen LogP contribution is 2.25. The highest BCUT2D eigenvalue weighted by Gasteiger charge is 2.46. The zero-order valence-corrected chi connectivity index (χ0v) is 6.46. The predicted octanol–water partition coefficient (Wildman–Crippen LogP) is -0.146. The Bertz CT molecular complexity index is 149. The van der Waals surface area contributed by atoms with Gasteiger partial charge >= 0.3 is 11.8 Å². The van der Waals surface area contributed by atoms with E-state index in [9.17, 15) is 4.79 Å². The molecule has 1 aliphatic rings. The lowest BCUT2D eigenvalue weighted by Crippen LogP contribution is -2.40. The van der Waals surface area contributed by atoms with Gasteiger partial charge in [-0.1, -0.05) is 0 Å². The van der Waals surface area contributed by atoms with E-state index in [1.54, 1.807) is 0 Å². The minimum atomic E-state index is -1.34. The first-order valence-corrected chi connectivity index (χ1v) is 3.19.